The monoisotopic (exact) mass is 428 g/mol. The maximum absolute atomic E-state index is 12.9. The minimum Gasteiger partial charge on any atom is -0.461 e. The van der Waals surface area contributed by atoms with E-state index in [0.29, 0.717) is 36.1 Å². The predicted molar refractivity (Wildman–Crippen MR) is 117 cm³/mol. The molecule has 1 fully saturated rings. The molecule has 1 aliphatic rings. The zero-order chi connectivity index (χ0) is 21.9. The third kappa shape index (κ3) is 4.02. The van der Waals surface area contributed by atoms with Crippen LogP contribution < -0.4 is 10.2 Å². The lowest BCUT2D eigenvalue weighted by Gasteiger charge is -2.17. The summed E-state index contributed by atoms with van der Waals surface area (Å²) in [6, 6.07) is 20.3. The number of aromatic nitrogens is 2. The van der Waals surface area contributed by atoms with E-state index in [1.807, 2.05) is 54.6 Å². The van der Waals surface area contributed by atoms with Crippen LogP contribution in [0.2, 0.25) is 0 Å². The summed E-state index contributed by atoms with van der Waals surface area (Å²) in [5, 5.41) is 6.92. The van der Waals surface area contributed by atoms with Crippen molar-refractivity contribution in [2.45, 2.75) is 12.8 Å². The van der Waals surface area contributed by atoms with Crippen LogP contribution in [0.15, 0.2) is 81.9 Å². The summed E-state index contributed by atoms with van der Waals surface area (Å²) in [6.07, 6.45) is 2.08. The minimum absolute atomic E-state index is 0.0547. The fourth-order valence-corrected chi connectivity index (χ4v) is 3.77. The topological polar surface area (TPSA) is 101 Å². The fraction of sp³-hybridized carbons (Fsp3) is 0.167. The van der Waals surface area contributed by atoms with E-state index < -0.39 is 5.92 Å². The van der Waals surface area contributed by atoms with Crippen LogP contribution in [-0.4, -0.2) is 28.5 Å². The van der Waals surface area contributed by atoms with Gasteiger partial charge in [0.1, 0.15) is 0 Å². The number of nitrogens with one attached hydrogen (secondary N) is 1. The van der Waals surface area contributed by atoms with Gasteiger partial charge in [-0.25, -0.2) is 0 Å². The molecule has 4 aromatic rings. The first kappa shape index (κ1) is 19.7. The molecule has 1 atom stereocenters. The Kier molecular flexibility index (Phi) is 5.25. The zero-order valence-electron chi connectivity index (χ0n) is 17.1. The summed E-state index contributed by atoms with van der Waals surface area (Å²) >= 11 is 0. The Bertz CT molecular complexity index is 1230. The van der Waals surface area contributed by atoms with Crippen molar-refractivity contribution < 1.29 is 18.5 Å². The Morgan fingerprint density at radius 2 is 1.88 bits per heavy atom. The Morgan fingerprint density at radius 3 is 2.69 bits per heavy atom. The van der Waals surface area contributed by atoms with Gasteiger partial charge in [0.25, 0.3) is 0 Å². The summed E-state index contributed by atoms with van der Waals surface area (Å²) < 4.78 is 10.6. The number of carbonyl (C=O) groups excluding carboxylic acids is 2. The van der Waals surface area contributed by atoms with Crippen molar-refractivity contribution in [2.75, 3.05) is 16.8 Å². The molecule has 2 amide bonds. The molecule has 0 saturated carbocycles. The van der Waals surface area contributed by atoms with Gasteiger partial charge in [-0.05, 0) is 35.9 Å². The molecular weight excluding hydrogens is 408 g/mol. The second kappa shape index (κ2) is 8.50. The van der Waals surface area contributed by atoms with Crippen molar-refractivity contribution in [2.24, 2.45) is 5.92 Å². The van der Waals surface area contributed by atoms with Gasteiger partial charge in [0, 0.05) is 24.3 Å². The summed E-state index contributed by atoms with van der Waals surface area (Å²) in [5.74, 6) is 0.633. The lowest BCUT2D eigenvalue weighted by atomic mass is 10.1. The van der Waals surface area contributed by atoms with Crippen LogP contribution in [0.5, 0.6) is 0 Å². The number of carbonyl (C=O) groups is 2. The third-order valence-corrected chi connectivity index (χ3v) is 5.39. The summed E-state index contributed by atoms with van der Waals surface area (Å²) in [7, 11) is 0. The average Bonchev–Trinajstić information content (AvgIpc) is 3.56. The van der Waals surface area contributed by atoms with E-state index in [1.54, 1.807) is 23.3 Å². The first-order valence-corrected chi connectivity index (χ1v) is 10.3. The lowest BCUT2D eigenvalue weighted by Crippen LogP contribution is -2.28. The fourth-order valence-electron chi connectivity index (χ4n) is 3.77. The van der Waals surface area contributed by atoms with Gasteiger partial charge in [0.2, 0.25) is 23.5 Å². The number of hydrogen-bond acceptors (Lipinski definition) is 6. The molecule has 2 aromatic heterocycles. The smallest absolute Gasteiger partial charge is 0.238 e. The number of hydrogen-bond donors (Lipinski definition) is 1. The molecule has 1 N–H and O–H groups in total. The number of para-hydroxylation sites is 2. The average molecular weight is 428 g/mol. The highest BCUT2D eigenvalue weighted by Gasteiger charge is 2.35. The maximum Gasteiger partial charge on any atom is 0.238 e. The van der Waals surface area contributed by atoms with Crippen LogP contribution in [0.4, 0.5) is 11.4 Å². The van der Waals surface area contributed by atoms with E-state index >= 15 is 0 Å². The molecule has 1 unspecified atom stereocenters. The molecule has 160 valence electrons. The quantitative estimate of drug-likeness (QED) is 0.500. The molecule has 1 saturated heterocycles. The maximum atomic E-state index is 12.9. The number of anilines is 2. The van der Waals surface area contributed by atoms with E-state index in [-0.39, 0.29) is 18.2 Å². The number of furan rings is 1. The van der Waals surface area contributed by atoms with Crippen LogP contribution in [-0.2, 0) is 16.0 Å². The third-order valence-electron chi connectivity index (χ3n) is 5.39. The molecular formula is C24H20N4O4. The first-order valence-electron chi connectivity index (χ1n) is 10.3. The van der Waals surface area contributed by atoms with Gasteiger partial charge < -0.3 is 19.2 Å². The molecule has 8 heteroatoms. The molecule has 0 radical (unpaired) electrons. The highest BCUT2D eigenvalue weighted by atomic mass is 16.5. The van der Waals surface area contributed by atoms with Gasteiger partial charge in [-0.15, -0.1) is 0 Å². The Morgan fingerprint density at radius 1 is 1.06 bits per heavy atom. The zero-order valence-corrected chi connectivity index (χ0v) is 17.1. The van der Waals surface area contributed by atoms with E-state index in [4.69, 9.17) is 8.94 Å². The largest absolute Gasteiger partial charge is 0.461 e. The van der Waals surface area contributed by atoms with Gasteiger partial charge in [-0.3, -0.25) is 9.59 Å². The van der Waals surface area contributed by atoms with Crippen LogP contribution in [0, 0.1) is 5.92 Å². The van der Waals surface area contributed by atoms with Crippen molar-refractivity contribution >= 4 is 23.2 Å². The second-order valence-electron chi connectivity index (χ2n) is 7.55. The molecule has 5 rings (SSSR count). The highest BCUT2D eigenvalue weighted by molar-refractivity contribution is 6.03. The number of nitrogens with zero attached hydrogens (tertiary/aromatic N) is 3. The molecule has 2 aromatic carbocycles. The summed E-state index contributed by atoms with van der Waals surface area (Å²) in [5.41, 5.74) is 2.29. The molecule has 32 heavy (non-hydrogen) atoms. The lowest BCUT2D eigenvalue weighted by molar-refractivity contribution is -0.122. The van der Waals surface area contributed by atoms with E-state index in [2.05, 4.69) is 15.5 Å². The molecule has 8 nitrogen and oxygen atoms in total. The van der Waals surface area contributed by atoms with Crippen LogP contribution in [0.25, 0.3) is 11.6 Å². The van der Waals surface area contributed by atoms with Gasteiger partial charge >= 0.3 is 0 Å². The molecule has 3 heterocycles. The van der Waals surface area contributed by atoms with Crippen LogP contribution in [0.1, 0.15) is 17.9 Å². The standard InChI is InChI=1S/C24H20N4O4/c29-22-14-17(15-28(22)18-8-2-1-3-9-18)24(30)25-19-10-5-4-7-16(19)13-21-26-23(27-32-21)20-11-6-12-31-20/h1-12,17H,13-15H2,(H,25,30). The predicted octanol–water partition coefficient (Wildman–Crippen LogP) is 3.91. The molecule has 1 aliphatic heterocycles. The van der Waals surface area contributed by atoms with Crippen LogP contribution >= 0.6 is 0 Å². The number of amides is 2. The Hall–Kier alpha value is -4.20. The van der Waals surface area contributed by atoms with Crippen molar-refractivity contribution in [3.8, 4) is 11.6 Å². The van der Waals surface area contributed by atoms with Crippen LogP contribution in [0.3, 0.4) is 0 Å². The molecule has 0 aliphatic carbocycles. The summed E-state index contributed by atoms with van der Waals surface area (Å²) in [4.78, 5) is 31.4. The van der Waals surface area contributed by atoms with E-state index in [9.17, 15) is 9.59 Å². The SMILES string of the molecule is O=C(Nc1ccccc1Cc1nc(-c2ccco2)no1)C1CC(=O)N(c2ccccc2)C1. The van der Waals surface area contributed by atoms with Crippen molar-refractivity contribution in [1.29, 1.82) is 0 Å². The minimum atomic E-state index is -0.426. The Balaban J connectivity index is 1.28. The second-order valence-corrected chi connectivity index (χ2v) is 7.55. The number of benzene rings is 2. The van der Waals surface area contributed by atoms with E-state index in [0.717, 1.165) is 11.3 Å². The number of rotatable bonds is 6. The van der Waals surface area contributed by atoms with Crippen molar-refractivity contribution in [1.82, 2.24) is 10.1 Å². The molecule has 0 spiro atoms. The van der Waals surface area contributed by atoms with Gasteiger partial charge in [-0.1, -0.05) is 41.6 Å². The Labute approximate surface area is 183 Å². The highest BCUT2D eigenvalue weighted by Crippen LogP contribution is 2.27. The van der Waals surface area contributed by atoms with E-state index in [1.165, 1.54) is 0 Å². The normalized spacial score (nSPS) is 15.8. The van der Waals surface area contributed by atoms with Gasteiger partial charge in [0.05, 0.1) is 18.6 Å². The summed E-state index contributed by atoms with van der Waals surface area (Å²) in [6.45, 7) is 0.354. The molecule has 0 bridgehead atoms. The van der Waals surface area contributed by atoms with Gasteiger partial charge in [-0.2, -0.15) is 4.98 Å². The van der Waals surface area contributed by atoms with Gasteiger partial charge in [0.15, 0.2) is 5.76 Å². The van der Waals surface area contributed by atoms with Crippen molar-refractivity contribution in [3.05, 3.63) is 84.4 Å². The first-order chi connectivity index (χ1) is 15.7. The van der Waals surface area contributed by atoms with Crippen molar-refractivity contribution in [3.63, 3.8) is 0 Å².